The predicted molar refractivity (Wildman–Crippen MR) is 80.3 cm³/mol. The smallest absolute Gasteiger partial charge is 0.255 e. The van der Waals surface area contributed by atoms with E-state index >= 15 is 0 Å². The molecular formula is C17H21NO5. The molecule has 2 saturated heterocycles. The Bertz CT molecular complexity index is 631. The summed E-state index contributed by atoms with van der Waals surface area (Å²) in [6.45, 7) is 4.40. The molecule has 6 heteroatoms. The number of methoxy groups -OCH3 is 1. The van der Waals surface area contributed by atoms with E-state index in [2.05, 4.69) is 0 Å². The molecule has 4 atom stereocenters. The zero-order valence-corrected chi connectivity index (χ0v) is 13.5. The number of hydrogen-bond donors (Lipinski definition) is 0. The first-order chi connectivity index (χ1) is 11.0. The molecule has 1 aromatic rings. The minimum absolute atomic E-state index is 0.0221. The number of rotatable bonds is 3. The zero-order valence-electron chi connectivity index (χ0n) is 13.5. The number of fused-ring (bicyclic) bond motifs is 4. The van der Waals surface area contributed by atoms with Gasteiger partial charge in [0.25, 0.3) is 5.91 Å². The number of ether oxygens (including phenoxy) is 4. The molecule has 3 heterocycles. The van der Waals surface area contributed by atoms with E-state index in [1.807, 2.05) is 43.0 Å². The lowest BCUT2D eigenvalue weighted by atomic mass is 9.90. The summed E-state index contributed by atoms with van der Waals surface area (Å²) < 4.78 is 22.9. The first kappa shape index (κ1) is 15.1. The Labute approximate surface area is 135 Å². The maximum atomic E-state index is 12.8. The highest BCUT2D eigenvalue weighted by Gasteiger charge is 2.61. The number of amides is 1. The van der Waals surface area contributed by atoms with Crippen LogP contribution in [0.15, 0.2) is 24.3 Å². The van der Waals surface area contributed by atoms with Gasteiger partial charge in [-0.25, -0.2) is 0 Å². The van der Waals surface area contributed by atoms with Crippen LogP contribution >= 0.6 is 0 Å². The molecule has 0 aromatic heterocycles. The van der Waals surface area contributed by atoms with Crippen LogP contribution in [0.4, 0.5) is 0 Å². The van der Waals surface area contributed by atoms with Gasteiger partial charge < -0.3 is 23.8 Å². The Morgan fingerprint density at radius 1 is 1.30 bits per heavy atom. The van der Waals surface area contributed by atoms with Crippen molar-refractivity contribution in [3.8, 4) is 0 Å². The second-order valence-electron chi connectivity index (χ2n) is 6.67. The minimum Gasteiger partial charge on any atom is -0.359 e. The molecule has 0 aliphatic carbocycles. The summed E-state index contributed by atoms with van der Waals surface area (Å²) in [4.78, 5) is 14.6. The minimum atomic E-state index is -0.750. The first-order valence-electron chi connectivity index (χ1n) is 7.86. The van der Waals surface area contributed by atoms with Crippen molar-refractivity contribution in [2.24, 2.45) is 0 Å². The van der Waals surface area contributed by atoms with E-state index in [1.165, 1.54) is 0 Å². The quantitative estimate of drug-likeness (QED) is 0.792. The third-order valence-corrected chi connectivity index (χ3v) is 4.73. The van der Waals surface area contributed by atoms with Gasteiger partial charge in [-0.05, 0) is 25.0 Å². The zero-order chi connectivity index (χ0) is 16.2. The van der Waals surface area contributed by atoms with Gasteiger partial charge in [0.15, 0.2) is 11.9 Å². The summed E-state index contributed by atoms with van der Waals surface area (Å²) in [7, 11) is 1.59. The van der Waals surface area contributed by atoms with Gasteiger partial charge in [-0.1, -0.05) is 24.3 Å². The predicted octanol–water partition coefficient (Wildman–Crippen LogP) is 1.59. The first-order valence-corrected chi connectivity index (χ1v) is 7.86. The molecule has 0 spiro atoms. The molecule has 3 aliphatic heterocycles. The van der Waals surface area contributed by atoms with Crippen molar-refractivity contribution in [2.45, 2.75) is 50.5 Å². The molecule has 23 heavy (non-hydrogen) atoms. The highest BCUT2D eigenvalue weighted by atomic mass is 16.8. The Morgan fingerprint density at radius 2 is 2.09 bits per heavy atom. The molecule has 1 aromatic carbocycles. The Kier molecular flexibility index (Phi) is 3.46. The summed E-state index contributed by atoms with van der Waals surface area (Å²) in [6.07, 6.45) is -1.16. The molecular weight excluding hydrogens is 298 g/mol. The maximum Gasteiger partial charge on any atom is 0.255 e. The Morgan fingerprint density at radius 3 is 2.87 bits per heavy atom. The van der Waals surface area contributed by atoms with Crippen molar-refractivity contribution in [2.75, 3.05) is 13.9 Å². The lowest BCUT2D eigenvalue weighted by Gasteiger charge is -2.40. The van der Waals surface area contributed by atoms with Crippen molar-refractivity contribution in [1.29, 1.82) is 0 Å². The topological polar surface area (TPSA) is 57.2 Å². The normalized spacial score (nSPS) is 34.2. The summed E-state index contributed by atoms with van der Waals surface area (Å²) in [5, 5.41) is 0. The SMILES string of the molecule is COCO[C@@H]1c2ccccc2CN2C(=O)[C@@H]3OC(C)(C)O[C@@H]3[C@@H]12. The lowest BCUT2D eigenvalue weighted by Crippen LogP contribution is -2.47. The van der Waals surface area contributed by atoms with Crippen molar-refractivity contribution in [3.05, 3.63) is 35.4 Å². The maximum absolute atomic E-state index is 12.8. The molecule has 6 nitrogen and oxygen atoms in total. The molecule has 0 radical (unpaired) electrons. The van der Waals surface area contributed by atoms with E-state index in [4.69, 9.17) is 18.9 Å². The molecule has 1 amide bonds. The van der Waals surface area contributed by atoms with E-state index in [0.717, 1.165) is 11.1 Å². The largest absolute Gasteiger partial charge is 0.359 e. The van der Waals surface area contributed by atoms with Crippen LogP contribution in [0.25, 0.3) is 0 Å². The van der Waals surface area contributed by atoms with Crippen LogP contribution in [0.3, 0.4) is 0 Å². The summed E-state index contributed by atoms with van der Waals surface area (Å²) in [5.74, 6) is -0.772. The summed E-state index contributed by atoms with van der Waals surface area (Å²) in [5.41, 5.74) is 2.19. The second kappa shape index (κ2) is 5.27. The van der Waals surface area contributed by atoms with Crippen LogP contribution in [0, 0.1) is 0 Å². The van der Waals surface area contributed by atoms with Crippen molar-refractivity contribution < 1.29 is 23.7 Å². The average Bonchev–Trinajstić information content (AvgIpc) is 2.97. The van der Waals surface area contributed by atoms with Crippen LogP contribution < -0.4 is 0 Å². The van der Waals surface area contributed by atoms with Crippen molar-refractivity contribution in [3.63, 3.8) is 0 Å². The highest BCUT2D eigenvalue weighted by molar-refractivity contribution is 5.85. The van der Waals surface area contributed by atoms with Crippen LogP contribution in [-0.4, -0.2) is 48.7 Å². The van der Waals surface area contributed by atoms with Gasteiger partial charge in [-0.2, -0.15) is 0 Å². The standard InChI is InChI=1S/C17H21NO5/c1-17(2)22-14-12-13(21-9-20-3)11-7-5-4-6-10(11)8-18(12)16(19)15(14)23-17/h4-7,12-15H,8-9H2,1-3H3/t12-,13-,14-,15-/m1/s1. The Balaban J connectivity index is 1.74. The van der Waals surface area contributed by atoms with Gasteiger partial charge in [0.2, 0.25) is 0 Å². The van der Waals surface area contributed by atoms with E-state index in [1.54, 1.807) is 7.11 Å². The number of nitrogens with zero attached hydrogens (tertiary/aromatic N) is 1. The molecule has 124 valence electrons. The molecule has 4 rings (SSSR count). The van der Waals surface area contributed by atoms with Crippen molar-refractivity contribution in [1.82, 2.24) is 4.90 Å². The van der Waals surface area contributed by atoms with Gasteiger partial charge >= 0.3 is 0 Å². The second-order valence-corrected chi connectivity index (χ2v) is 6.67. The van der Waals surface area contributed by atoms with Crippen molar-refractivity contribution >= 4 is 5.91 Å². The fraction of sp³-hybridized carbons (Fsp3) is 0.588. The molecule has 0 saturated carbocycles. The molecule has 3 aliphatic rings. The third kappa shape index (κ3) is 2.29. The van der Waals surface area contributed by atoms with Gasteiger partial charge in [-0.15, -0.1) is 0 Å². The van der Waals surface area contributed by atoms with E-state index in [9.17, 15) is 4.79 Å². The third-order valence-electron chi connectivity index (χ3n) is 4.73. The lowest BCUT2D eigenvalue weighted by molar-refractivity contribution is -0.186. The number of carbonyl (C=O) groups excluding carboxylic acids is 1. The summed E-state index contributed by atoms with van der Waals surface area (Å²) in [6, 6.07) is 7.85. The molecule has 2 fully saturated rings. The monoisotopic (exact) mass is 319 g/mol. The van der Waals surface area contributed by atoms with E-state index in [0.29, 0.717) is 6.54 Å². The number of carbonyl (C=O) groups is 1. The number of benzene rings is 1. The van der Waals surface area contributed by atoms with Crippen LogP contribution in [0.2, 0.25) is 0 Å². The fourth-order valence-corrected chi connectivity index (χ4v) is 3.89. The highest BCUT2D eigenvalue weighted by Crippen LogP contribution is 2.46. The van der Waals surface area contributed by atoms with Gasteiger partial charge in [-0.3, -0.25) is 4.79 Å². The van der Waals surface area contributed by atoms with Crippen LogP contribution in [0.1, 0.15) is 31.1 Å². The van der Waals surface area contributed by atoms with Gasteiger partial charge in [0, 0.05) is 13.7 Å². The summed E-state index contributed by atoms with van der Waals surface area (Å²) >= 11 is 0. The molecule has 0 unspecified atom stereocenters. The van der Waals surface area contributed by atoms with Gasteiger partial charge in [0.1, 0.15) is 19.0 Å². The van der Waals surface area contributed by atoms with Crippen LogP contribution in [0.5, 0.6) is 0 Å². The Hall–Kier alpha value is -1.47. The van der Waals surface area contributed by atoms with Crippen LogP contribution in [-0.2, 0) is 30.3 Å². The number of hydrogen-bond acceptors (Lipinski definition) is 5. The fourth-order valence-electron chi connectivity index (χ4n) is 3.89. The molecule has 0 N–H and O–H groups in total. The van der Waals surface area contributed by atoms with E-state index < -0.39 is 11.9 Å². The molecule has 0 bridgehead atoms. The average molecular weight is 319 g/mol. The van der Waals surface area contributed by atoms with Gasteiger partial charge in [0.05, 0.1) is 6.04 Å². The van der Waals surface area contributed by atoms with E-state index in [-0.39, 0.29) is 30.9 Å².